The summed E-state index contributed by atoms with van der Waals surface area (Å²) in [7, 11) is 1.43. The topological polar surface area (TPSA) is 38.3 Å². The average molecular weight is 289 g/mol. The number of carbonyl (C=O) groups excluding carboxylic acids is 1. The van der Waals surface area contributed by atoms with Gasteiger partial charge in [-0.2, -0.15) is 0 Å². The third-order valence-corrected chi connectivity index (χ3v) is 4.81. The van der Waals surface area contributed by atoms with Crippen LogP contribution in [0.5, 0.6) is 0 Å². The molecule has 1 fully saturated rings. The van der Waals surface area contributed by atoms with E-state index in [-0.39, 0.29) is 5.97 Å². The van der Waals surface area contributed by atoms with Crippen LogP contribution in [-0.4, -0.2) is 19.1 Å². The number of hydrogen-bond acceptors (Lipinski definition) is 3. The van der Waals surface area contributed by atoms with Crippen LogP contribution >= 0.6 is 0 Å². The monoisotopic (exact) mass is 289 g/mol. The minimum Gasteiger partial charge on any atom is -0.465 e. The second-order valence-electron chi connectivity index (χ2n) is 6.47. The molecule has 0 heterocycles. The Morgan fingerprint density at radius 2 is 1.90 bits per heavy atom. The van der Waals surface area contributed by atoms with Gasteiger partial charge in [-0.05, 0) is 62.1 Å². The molecule has 1 saturated carbocycles. The van der Waals surface area contributed by atoms with Crippen LogP contribution in [0.1, 0.15) is 55.5 Å². The maximum absolute atomic E-state index is 11.7. The molecule has 0 bridgehead atoms. The first-order valence-corrected chi connectivity index (χ1v) is 7.97. The number of anilines is 1. The highest BCUT2D eigenvalue weighted by molar-refractivity contribution is 5.92. The molecule has 1 aromatic rings. The summed E-state index contributed by atoms with van der Waals surface area (Å²) in [5.41, 5.74) is 2.69. The summed E-state index contributed by atoms with van der Waals surface area (Å²) in [5.74, 6) is 1.39. The Kier molecular flexibility index (Phi) is 5.27. The normalized spacial score (nSPS) is 22.1. The molecule has 116 valence electrons. The lowest BCUT2D eigenvalue weighted by atomic mass is 9.79. The molecule has 1 N–H and O–H groups in total. The van der Waals surface area contributed by atoms with E-state index in [1.807, 2.05) is 19.1 Å². The Morgan fingerprint density at radius 1 is 1.24 bits per heavy atom. The first-order chi connectivity index (χ1) is 10.0. The van der Waals surface area contributed by atoms with Crippen molar-refractivity contribution in [1.29, 1.82) is 0 Å². The van der Waals surface area contributed by atoms with Gasteiger partial charge in [-0.25, -0.2) is 4.79 Å². The van der Waals surface area contributed by atoms with Gasteiger partial charge in [0.15, 0.2) is 0 Å². The lowest BCUT2D eigenvalue weighted by Crippen LogP contribution is -2.28. The molecule has 0 atom stereocenters. The van der Waals surface area contributed by atoms with Gasteiger partial charge in [0.25, 0.3) is 0 Å². The minimum absolute atomic E-state index is 0.264. The molecular formula is C18H27NO2. The van der Waals surface area contributed by atoms with Crippen molar-refractivity contribution < 1.29 is 9.53 Å². The van der Waals surface area contributed by atoms with Gasteiger partial charge in [-0.1, -0.05) is 19.9 Å². The van der Waals surface area contributed by atoms with Crippen molar-refractivity contribution in [3.8, 4) is 0 Å². The van der Waals surface area contributed by atoms with Crippen molar-refractivity contribution in [3.05, 3.63) is 29.3 Å². The van der Waals surface area contributed by atoms with Crippen LogP contribution < -0.4 is 5.32 Å². The Labute approximate surface area is 128 Å². The van der Waals surface area contributed by atoms with Crippen molar-refractivity contribution in [1.82, 2.24) is 0 Å². The second-order valence-corrected chi connectivity index (χ2v) is 6.47. The Balaban J connectivity index is 2.03. The molecule has 0 amide bonds. The highest BCUT2D eigenvalue weighted by Crippen LogP contribution is 2.32. The molecule has 3 nitrogen and oxygen atoms in total. The van der Waals surface area contributed by atoms with Gasteiger partial charge in [0, 0.05) is 11.7 Å². The predicted molar refractivity (Wildman–Crippen MR) is 86.7 cm³/mol. The van der Waals surface area contributed by atoms with Crippen molar-refractivity contribution in [2.24, 2.45) is 11.8 Å². The first kappa shape index (κ1) is 15.9. The number of carbonyl (C=O) groups is 1. The number of methoxy groups -OCH3 is 1. The highest BCUT2D eigenvalue weighted by atomic mass is 16.5. The van der Waals surface area contributed by atoms with Gasteiger partial charge in [0.1, 0.15) is 0 Å². The number of hydrogen-bond donors (Lipinski definition) is 1. The molecule has 3 heteroatoms. The molecule has 21 heavy (non-hydrogen) atoms. The molecule has 2 rings (SSSR count). The van der Waals surface area contributed by atoms with E-state index < -0.39 is 0 Å². The van der Waals surface area contributed by atoms with Gasteiger partial charge in [0.2, 0.25) is 0 Å². The fourth-order valence-electron chi connectivity index (χ4n) is 3.27. The van der Waals surface area contributed by atoms with Crippen LogP contribution in [0, 0.1) is 18.8 Å². The zero-order chi connectivity index (χ0) is 15.4. The van der Waals surface area contributed by atoms with E-state index >= 15 is 0 Å². The summed E-state index contributed by atoms with van der Waals surface area (Å²) in [5, 5.41) is 3.62. The number of benzene rings is 1. The molecule has 1 aliphatic carbocycles. The van der Waals surface area contributed by atoms with Gasteiger partial charge in [-0.15, -0.1) is 0 Å². The Bertz CT molecular complexity index is 488. The molecule has 0 aliphatic heterocycles. The largest absolute Gasteiger partial charge is 0.465 e. The zero-order valence-electron chi connectivity index (χ0n) is 13.6. The number of rotatable bonds is 4. The van der Waals surface area contributed by atoms with E-state index in [1.54, 1.807) is 0 Å². The summed E-state index contributed by atoms with van der Waals surface area (Å²) in [6.07, 6.45) is 5.02. The third kappa shape index (κ3) is 3.78. The summed E-state index contributed by atoms with van der Waals surface area (Å²) < 4.78 is 4.84. The van der Waals surface area contributed by atoms with Gasteiger partial charge >= 0.3 is 5.97 Å². The summed E-state index contributed by atoms with van der Waals surface area (Å²) in [4.78, 5) is 11.7. The third-order valence-electron chi connectivity index (χ3n) is 4.81. The lowest BCUT2D eigenvalue weighted by Gasteiger charge is -2.32. The molecule has 0 radical (unpaired) electrons. The molecule has 1 aliphatic rings. The summed E-state index contributed by atoms with van der Waals surface area (Å²) in [6.45, 7) is 6.62. The molecular weight excluding hydrogens is 262 g/mol. The van der Waals surface area contributed by atoms with Crippen LogP contribution in [0.25, 0.3) is 0 Å². The van der Waals surface area contributed by atoms with Crippen molar-refractivity contribution in [2.75, 3.05) is 12.4 Å². The average Bonchev–Trinajstić information content (AvgIpc) is 2.49. The van der Waals surface area contributed by atoms with E-state index in [0.29, 0.717) is 11.6 Å². The molecule has 0 aromatic heterocycles. The maximum atomic E-state index is 11.7. The van der Waals surface area contributed by atoms with Crippen molar-refractivity contribution in [2.45, 2.75) is 52.5 Å². The predicted octanol–water partition coefficient (Wildman–Crippen LogP) is 4.41. The lowest BCUT2D eigenvalue weighted by molar-refractivity contribution is 0.0600. The van der Waals surface area contributed by atoms with Crippen LogP contribution in [0.2, 0.25) is 0 Å². The van der Waals surface area contributed by atoms with E-state index in [1.165, 1.54) is 32.8 Å². The number of ether oxygens (including phenoxy) is 1. The van der Waals surface area contributed by atoms with Crippen LogP contribution in [0.3, 0.4) is 0 Å². The van der Waals surface area contributed by atoms with Gasteiger partial charge in [-0.3, -0.25) is 0 Å². The summed E-state index contributed by atoms with van der Waals surface area (Å²) in [6, 6.07) is 6.31. The van der Waals surface area contributed by atoms with Crippen LogP contribution in [0.15, 0.2) is 18.2 Å². The standard InChI is InChI=1S/C18H27NO2/c1-12(2)14-8-10-15(11-9-14)19-17-7-5-6-16(13(17)3)18(20)21-4/h5-7,12,14-15,19H,8-11H2,1-4H3. The van der Waals surface area contributed by atoms with Crippen LogP contribution in [0.4, 0.5) is 5.69 Å². The minimum atomic E-state index is -0.264. The first-order valence-electron chi connectivity index (χ1n) is 7.97. The number of nitrogens with one attached hydrogen (secondary N) is 1. The molecule has 1 aromatic carbocycles. The molecule has 0 spiro atoms. The smallest absolute Gasteiger partial charge is 0.338 e. The van der Waals surface area contributed by atoms with E-state index in [9.17, 15) is 4.79 Å². The van der Waals surface area contributed by atoms with Gasteiger partial charge in [0.05, 0.1) is 12.7 Å². The van der Waals surface area contributed by atoms with Gasteiger partial charge < -0.3 is 10.1 Å². The Morgan fingerprint density at radius 3 is 2.48 bits per heavy atom. The quantitative estimate of drug-likeness (QED) is 0.834. The van der Waals surface area contributed by atoms with E-state index in [2.05, 4.69) is 25.2 Å². The van der Waals surface area contributed by atoms with E-state index in [0.717, 1.165) is 23.1 Å². The fourth-order valence-corrected chi connectivity index (χ4v) is 3.27. The maximum Gasteiger partial charge on any atom is 0.338 e. The van der Waals surface area contributed by atoms with Crippen molar-refractivity contribution in [3.63, 3.8) is 0 Å². The zero-order valence-corrected chi connectivity index (χ0v) is 13.6. The molecule has 0 unspecified atom stereocenters. The number of esters is 1. The SMILES string of the molecule is COC(=O)c1cccc(NC2CCC(C(C)C)CC2)c1C. The Hall–Kier alpha value is -1.51. The van der Waals surface area contributed by atoms with Crippen molar-refractivity contribution >= 4 is 11.7 Å². The van der Waals surface area contributed by atoms with E-state index in [4.69, 9.17) is 4.74 Å². The van der Waals surface area contributed by atoms with Crippen LogP contribution in [-0.2, 0) is 4.74 Å². The molecule has 0 saturated heterocycles. The fraction of sp³-hybridized carbons (Fsp3) is 0.611. The second kappa shape index (κ2) is 6.97. The summed E-state index contributed by atoms with van der Waals surface area (Å²) >= 11 is 0. The highest BCUT2D eigenvalue weighted by Gasteiger charge is 2.23.